The predicted molar refractivity (Wildman–Crippen MR) is 114 cm³/mol. The summed E-state index contributed by atoms with van der Waals surface area (Å²) in [6.45, 7) is 3.71. The first-order valence-electron chi connectivity index (χ1n) is 9.24. The Balaban J connectivity index is 1.64. The van der Waals surface area contributed by atoms with Crippen LogP contribution in [0.1, 0.15) is 16.9 Å². The summed E-state index contributed by atoms with van der Waals surface area (Å²) < 4.78 is 5.75. The molecule has 150 valence electrons. The third kappa shape index (κ3) is 3.79. The van der Waals surface area contributed by atoms with Crippen LogP contribution in [0.3, 0.4) is 0 Å². The number of furan rings is 1. The Kier molecular flexibility index (Phi) is 5.29. The van der Waals surface area contributed by atoms with Crippen molar-refractivity contribution in [3.63, 3.8) is 0 Å². The van der Waals surface area contributed by atoms with Gasteiger partial charge in [0.2, 0.25) is 0 Å². The van der Waals surface area contributed by atoms with Crippen molar-refractivity contribution in [1.29, 1.82) is 0 Å². The second kappa shape index (κ2) is 8.04. The Morgan fingerprint density at radius 2 is 1.70 bits per heavy atom. The maximum Gasteiger partial charge on any atom is 0.335 e. The van der Waals surface area contributed by atoms with Crippen LogP contribution >= 0.6 is 11.8 Å². The molecule has 0 unspecified atom stereocenters. The number of amides is 4. The summed E-state index contributed by atoms with van der Waals surface area (Å²) in [6, 6.07) is 17.7. The average Bonchev–Trinajstić information content (AvgIpc) is 3.16. The fourth-order valence-corrected chi connectivity index (χ4v) is 3.87. The van der Waals surface area contributed by atoms with Gasteiger partial charge in [0.05, 0.1) is 5.69 Å². The number of hydrogen-bond donors (Lipinski definition) is 1. The number of rotatable bonds is 4. The fraction of sp³-hybridized carbons (Fsp3) is 0.0870. The summed E-state index contributed by atoms with van der Waals surface area (Å²) in [5.74, 6) is -1.09. The molecule has 4 amide bonds. The van der Waals surface area contributed by atoms with Gasteiger partial charge in [-0.2, -0.15) is 0 Å². The Bertz CT molecular complexity index is 1180. The summed E-state index contributed by atoms with van der Waals surface area (Å²) in [4.78, 5) is 39.8. The molecule has 1 aliphatic rings. The Morgan fingerprint density at radius 3 is 2.47 bits per heavy atom. The van der Waals surface area contributed by atoms with Crippen molar-refractivity contribution in [1.82, 2.24) is 5.32 Å². The van der Waals surface area contributed by atoms with Gasteiger partial charge in [0.1, 0.15) is 11.3 Å². The van der Waals surface area contributed by atoms with E-state index in [4.69, 9.17) is 4.42 Å². The molecule has 3 aromatic rings. The van der Waals surface area contributed by atoms with Crippen molar-refractivity contribution in [3.05, 3.63) is 83.1 Å². The van der Waals surface area contributed by atoms with E-state index in [0.717, 1.165) is 20.9 Å². The molecule has 6 nitrogen and oxygen atoms in total. The van der Waals surface area contributed by atoms with Crippen LogP contribution < -0.4 is 10.2 Å². The van der Waals surface area contributed by atoms with Crippen LogP contribution in [-0.4, -0.2) is 17.8 Å². The topological polar surface area (TPSA) is 79.6 Å². The van der Waals surface area contributed by atoms with E-state index in [2.05, 4.69) is 5.32 Å². The molecule has 7 heteroatoms. The third-order valence-electron chi connectivity index (χ3n) is 4.77. The molecule has 1 N–H and O–H groups in total. The maximum absolute atomic E-state index is 13.0. The minimum absolute atomic E-state index is 0.166. The number of aryl methyl sites for hydroxylation is 1. The van der Waals surface area contributed by atoms with Gasteiger partial charge >= 0.3 is 6.03 Å². The van der Waals surface area contributed by atoms with E-state index in [0.29, 0.717) is 16.5 Å². The molecular weight excluding hydrogens is 400 g/mol. The highest BCUT2D eigenvalue weighted by molar-refractivity contribution is 7.99. The van der Waals surface area contributed by atoms with Crippen LogP contribution in [0.25, 0.3) is 6.08 Å². The molecule has 0 atom stereocenters. The molecule has 30 heavy (non-hydrogen) atoms. The number of barbiturate groups is 1. The smallest absolute Gasteiger partial charge is 0.335 e. The first kappa shape index (κ1) is 19.7. The molecule has 2 heterocycles. The van der Waals surface area contributed by atoms with Gasteiger partial charge in [0, 0.05) is 4.90 Å². The summed E-state index contributed by atoms with van der Waals surface area (Å²) in [6.07, 6.45) is 1.36. The molecule has 1 saturated heterocycles. The average molecular weight is 418 g/mol. The number of anilines is 1. The lowest BCUT2D eigenvalue weighted by Gasteiger charge is -2.27. The Morgan fingerprint density at radius 1 is 0.933 bits per heavy atom. The molecule has 0 radical (unpaired) electrons. The van der Waals surface area contributed by atoms with Gasteiger partial charge in [-0.25, -0.2) is 9.69 Å². The zero-order valence-corrected chi connectivity index (χ0v) is 17.2. The van der Waals surface area contributed by atoms with Crippen LogP contribution in [0.15, 0.2) is 80.6 Å². The van der Waals surface area contributed by atoms with Crippen molar-refractivity contribution < 1.29 is 18.8 Å². The zero-order chi connectivity index (χ0) is 21.3. The lowest BCUT2D eigenvalue weighted by atomic mass is 10.0. The number of urea groups is 1. The number of hydrogen-bond acceptors (Lipinski definition) is 5. The molecule has 0 aliphatic carbocycles. The van der Waals surface area contributed by atoms with Crippen LogP contribution in [-0.2, 0) is 9.59 Å². The molecular formula is C23H18N2O4S. The van der Waals surface area contributed by atoms with E-state index in [-0.39, 0.29) is 5.57 Å². The van der Waals surface area contributed by atoms with E-state index in [9.17, 15) is 14.4 Å². The monoisotopic (exact) mass is 418 g/mol. The van der Waals surface area contributed by atoms with E-state index in [1.165, 1.54) is 17.8 Å². The molecule has 0 spiro atoms. The normalized spacial score (nSPS) is 15.6. The molecule has 1 fully saturated rings. The molecule has 2 aromatic carbocycles. The van der Waals surface area contributed by atoms with Gasteiger partial charge in [0.15, 0.2) is 5.09 Å². The summed E-state index contributed by atoms with van der Waals surface area (Å²) in [7, 11) is 0. The second-order valence-corrected chi connectivity index (χ2v) is 7.83. The number of nitrogens with one attached hydrogen (secondary N) is 1. The zero-order valence-electron chi connectivity index (χ0n) is 16.3. The number of imide groups is 2. The van der Waals surface area contributed by atoms with Crippen molar-refractivity contribution in [2.24, 2.45) is 0 Å². The van der Waals surface area contributed by atoms with Crippen LogP contribution in [0.2, 0.25) is 0 Å². The van der Waals surface area contributed by atoms with Crippen LogP contribution in [0, 0.1) is 13.8 Å². The summed E-state index contributed by atoms with van der Waals surface area (Å²) in [5, 5.41) is 2.86. The van der Waals surface area contributed by atoms with Crippen LogP contribution in [0.5, 0.6) is 0 Å². The van der Waals surface area contributed by atoms with Crippen molar-refractivity contribution in [2.45, 2.75) is 23.8 Å². The first-order chi connectivity index (χ1) is 14.4. The number of nitrogens with zero attached hydrogens (tertiary/aromatic N) is 1. The lowest BCUT2D eigenvalue weighted by Crippen LogP contribution is -2.54. The van der Waals surface area contributed by atoms with Gasteiger partial charge in [-0.1, -0.05) is 42.1 Å². The van der Waals surface area contributed by atoms with Crippen molar-refractivity contribution >= 4 is 41.4 Å². The number of carbonyl (C=O) groups excluding carboxylic acids is 3. The van der Waals surface area contributed by atoms with E-state index >= 15 is 0 Å². The largest absolute Gasteiger partial charge is 0.450 e. The quantitative estimate of drug-likeness (QED) is 0.490. The van der Waals surface area contributed by atoms with Gasteiger partial charge in [-0.3, -0.25) is 14.9 Å². The fourth-order valence-electron chi connectivity index (χ4n) is 3.07. The summed E-state index contributed by atoms with van der Waals surface area (Å²) >= 11 is 1.43. The highest BCUT2D eigenvalue weighted by Gasteiger charge is 2.37. The number of benzene rings is 2. The van der Waals surface area contributed by atoms with E-state index in [1.54, 1.807) is 24.3 Å². The Labute approximate surface area is 177 Å². The Hall–Kier alpha value is -3.58. The molecule has 0 saturated carbocycles. The number of carbonyl (C=O) groups is 3. The van der Waals surface area contributed by atoms with Crippen molar-refractivity contribution in [3.8, 4) is 0 Å². The summed E-state index contributed by atoms with van der Waals surface area (Å²) in [5.41, 5.74) is 2.00. The van der Waals surface area contributed by atoms with Gasteiger partial charge in [-0.05, 0) is 61.4 Å². The lowest BCUT2D eigenvalue weighted by molar-refractivity contribution is -0.122. The minimum atomic E-state index is -0.768. The van der Waals surface area contributed by atoms with Gasteiger partial charge in [-0.15, -0.1) is 0 Å². The van der Waals surface area contributed by atoms with Gasteiger partial charge < -0.3 is 4.42 Å². The highest BCUT2D eigenvalue weighted by Crippen LogP contribution is 2.31. The SMILES string of the molecule is Cc1cccc(N2C(=O)NC(=O)/C(=C\c3ccc(Sc4ccccc4)o3)C2=O)c1C. The van der Waals surface area contributed by atoms with E-state index < -0.39 is 17.8 Å². The van der Waals surface area contributed by atoms with Crippen LogP contribution in [0.4, 0.5) is 10.5 Å². The first-order valence-corrected chi connectivity index (χ1v) is 10.1. The maximum atomic E-state index is 13.0. The second-order valence-electron chi connectivity index (χ2n) is 6.75. The third-order valence-corrected chi connectivity index (χ3v) is 5.70. The minimum Gasteiger partial charge on any atom is -0.450 e. The highest BCUT2D eigenvalue weighted by atomic mass is 32.2. The standard InChI is InChI=1S/C23H18N2O4S/c1-14-7-6-10-19(15(14)2)25-22(27)18(21(26)24-23(25)28)13-16-11-12-20(29-16)30-17-8-4-3-5-9-17/h3-13H,1-2H3,(H,24,26,28)/b18-13+. The van der Waals surface area contributed by atoms with Crippen molar-refractivity contribution in [2.75, 3.05) is 4.90 Å². The molecule has 4 rings (SSSR count). The molecule has 0 bridgehead atoms. The molecule has 1 aliphatic heterocycles. The predicted octanol–water partition coefficient (Wildman–Crippen LogP) is 4.71. The van der Waals surface area contributed by atoms with Gasteiger partial charge in [0.25, 0.3) is 11.8 Å². The van der Waals surface area contributed by atoms with E-state index in [1.807, 2.05) is 50.2 Å². The molecule has 1 aromatic heterocycles.